The fourth-order valence-electron chi connectivity index (χ4n) is 2.42. The van der Waals surface area contributed by atoms with E-state index in [4.69, 9.17) is 11.6 Å². The van der Waals surface area contributed by atoms with E-state index in [1.807, 2.05) is 24.8 Å². The molecular weight excluding hydrogens is 250 g/mol. The second-order valence-electron chi connectivity index (χ2n) is 5.02. The summed E-state index contributed by atoms with van der Waals surface area (Å²) >= 11 is 6.19. The molecule has 1 aromatic heterocycles. The molecule has 1 aliphatic heterocycles. The van der Waals surface area contributed by atoms with Gasteiger partial charge in [0.25, 0.3) is 5.91 Å². The summed E-state index contributed by atoms with van der Waals surface area (Å²) in [6.07, 6.45) is 0.869. The number of amides is 1. The molecule has 2 rings (SSSR count). The number of piperidine rings is 1. The molecule has 0 spiro atoms. The molecule has 2 atom stereocenters. The molecule has 0 radical (unpaired) electrons. The molecule has 0 bridgehead atoms. The van der Waals surface area contributed by atoms with Gasteiger partial charge in [-0.3, -0.25) is 9.48 Å². The van der Waals surface area contributed by atoms with Gasteiger partial charge in [0.1, 0.15) is 5.69 Å². The summed E-state index contributed by atoms with van der Waals surface area (Å²) in [5.74, 6) is 0.427. The molecule has 0 saturated carbocycles. The van der Waals surface area contributed by atoms with Crippen molar-refractivity contribution in [2.75, 3.05) is 13.1 Å². The molecule has 0 aliphatic carbocycles. The van der Waals surface area contributed by atoms with Crippen LogP contribution >= 0.6 is 11.6 Å². The van der Waals surface area contributed by atoms with Crippen LogP contribution in [0.2, 0.25) is 0 Å². The molecule has 1 amide bonds. The Kier molecular flexibility index (Phi) is 3.95. The summed E-state index contributed by atoms with van der Waals surface area (Å²) in [6.45, 7) is 8.20. The van der Waals surface area contributed by atoms with Crippen LogP contribution in [-0.2, 0) is 6.54 Å². The molecule has 2 unspecified atom stereocenters. The van der Waals surface area contributed by atoms with Crippen molar-refractivity contribution in [2.24, 2.45) is 5.92 Å². The second kappa shape index (κ2) is 5.31. The van der Waals surface area contributed by atoms with E-state index in [-0.39, 0.29) is 11.3 Å². The fourth-order valence-corrected chi connectivity index (χ4v) is 2.60. The number of hydrogen-bond acceptors (Lipinski definition) is 2. The number of likely N-dealkylation sites (tertiary alicyclic amines) is 1. The first-order chi connectivity index (χ1) is 8.52. The van der Waals surface area contributed by atoms with E-state index in [9.17, 15) is 4.79 Å². The first-order valence-electron chi connectivity index (χ1n) is 6.50. The van der Waals surface area contributed by atoms with Crippen LogP contribution in [0.3, 0.4) is 0 Å². The van der Waals surface area contributed by atoms with Gasteiger partial charge >= 0.3 is 0 Å². The van der Waals surface area contributed by atoms with E-state index in [1.165, 1.54) is 0 Å². The quantitative estimate of drug-likeness (QED) is 0.773. The lowest BCUT2D eigenvalue weighted by molar-refractivity contribution is 0.0674. The van der Waals surface area contributed by atoms with Crippen LogP contribution in [-0.4, -0.2) is 39.1 Å². The number of nitrogens with zero attached hydrogens (tertiary/aromatic N) is 3. The fraction of sp³-hybridized carbons (Fsp3) is 0.692. The van der Waals surface area contributed by atoms with Gasteiger partial charge in [0, 0.05) is 25.0 Å². The highest BCUT2D eigenvalue weighted by Crippen LogP contribution is 2.23. The van der Waals surface area contributed by atoms with Gasteiger partial charge in [-0.25, -0.2) is 0 Å². The smallest absolute Gasteiger partial charge is 0.272 e. The maximum absolute atomic E-state index is 12.5. The molecule has 0 aromatic carbocycles. The molecule has 2 heterocycles. The predicted molar refractivity (Wildman–Crippen MR) is 72.0 cm³/mol. The Hall–Kier alpha value is -1.03. The van der Waals surface area contributed by atoms with Crippen LogP contribution in [0.1, 0.15) is 36.5 Å². The lowest BCUT2D eigenvalue weighted by Crippen LogP contribution is -2.44. The topological polar surface area (TPSA) is 38.1 Å². The highest BCUT2D eigenvalue weighted by molar-refractivity contribution is 6.20. The first kappa shape index (κ1) is 13.4. The zero-order valence-corrected chi connectivity index (χ0v) is 11.9. The third-order valence-electron chi connectivity index (χ3n) is 3.51. The Bertz CT molecular complexity index is 443. The monoisotopic (exact) mass is 269 g/mol. The highest BCUT2D eigenvalue weighted by atomic mass is 35.5. The van der Waals surface area contributed by atoms with Crippen LogP contribution in [0, 0.1) is 12.8 Å². The lowest BCUT2D eigenvalue weighted by Gasteiger charge is -2.34. The molecule has 18 heavy (non-hydrogen) atoms. The lowest BCUT2D eigenvalue weighted by atomic mass is 9.99. The number of halogens is 1. The molecule has 4 nitrogen and oxygen atoms in total. The SMILES string of the molecule is CCn1nc(C)cc1C(=O)N1CCC(Cl)C(C)C1. The zero-order valence-electron chi connectivity index (χ0n) is 11.2. The van der Waals surface area contributed by atoms with Gasteiger partial charge in [-0.15, -0.1) is 11.6 Å². The highest BCUT2D eigenvalue weighted by Gasteiger charge is 2.29. The van der Waals surface area contributed by atoms with Crippen molar-refractivity contribution in [3.63, 3.8) is 0 Å². The van der Waals surface area contributed by atoms with Crippen molar-refractivity contribution >= 4 is 17.5 Å². The van der Waals surface area contributed by atoms with Crippen molar-refractivity contribution in [3.8, 4) is 0 Å². The van der Waals surface area contributed by atoms with Crippen LogP contribution < -0.4 is 0 Å². The van der Waals surface area contributed by atoms with Crippen LogP contribution in [0.5, 0.6) is 0 Å². The maximum Gasteiger partial charge on any atom is 0.272 e. The van der Waals surface area contributed by atoms with Crippen LogP contribution in [0.4, 0.5) is 0 Å². The number of carbonyl (C=O) groups excluding carboxylic acids is 1. The Morgan fingerprint density at radius 3 is 2.94 bits per heavy atom. The maximum atomic E-state index is 12.5. The van der Waals surface area contributed by atoms with Gasteiger partial charge < -0.3 is 4.90 Å². The minimum absolute atomic E-state index is 0.0767. The third-order valence-corrected chi connectivity index (χ3v) is 4.16. The molecule has 1 fully saturated rings. The largest absolute Gasteiger partial charge is 0.337 e. The van der Waals surface area contributed by atoms with Crippen LogP contribution in [0.25, 0.3) is 0 Å². The standard InChI is InChI=1S/C13H20ClN3O/c1-4-17-12(7-10(3)15-17)13(18)16-6-5-11(14)9(2)8-16/h7,9,11H,4-6,8H2,1-3H3. The molecule has 0 N–H and O–H groups in total. The molecule has 5 heteroatoms. The van der Waals surface area contributed by atoms with E-state index in [1.54, 1.807) is 4.68 Å². The minimum atomic E-state index is 0.0767. The summed E-state index contributed by atoms with van der Waals surface area (Å²) in [4.78, 5) is 14.4. The number of carbonyl (C=O) groups is 1. The predicted octanol–water partition coefficient (Wildman–Crippen LogP) is 2.30. The molecule has 1 aliphatic rings. The third kappa shape index (κ3) is 2.53. The van der Waals surface area contributed by atoms with Crippen molar-refractivity contribution in [2.45, 2.75) is 39.1 Å². The van der Waals surface area contributed by atoms with Gasteiger partial charge in [-0.1, -0.05) is 6.92 Å². The summed E-state index contributed by atoms with van der Waals surface area (Å²) in [6, 6.07) is 1.86. The average Bonchev–Trinajstić information content (AvgIpc) is 2.73. The number of aromatic nitrogens is 2. The summed E-state index contributed by atoms with van der Waals surface area (Å²) < 4.78 is 1.77. The molecular formula is C13H20ClN3O. The van der Waals surface area contributed by atoms with Gasteiger partial charge in [-0.05, 0) is 32.3 Å². The van der Waals surface area contributed by atoms with Gasteiger partial charge in [0.05, 0.1) is 5.69 Å². The van der Waals surface area contributed by atoms with Crippen LogP contribution in [0.15, 0.2) is 6.07 Å². The Morgan fingerprint density at radius 1 is 1.61 bits per heavy atom. The Balaban J connectivity index is 2.16. The number of alkyl halides is 1. The normalized spacial score (nSPS) is 24.3. The van der Waals surface area contributed by atoms with Gasteiger partial charge in [0.2, 0.25) is 0 Å². The number of aryl methyl sites for hydroxylation is 2. The molecule has 1 saturated heterocycles. The first-order valence-corrected chi connectivity index (χ1v) is 6.94. The van der Waals surface area contributed by atoms with E-state index < -0.39 is 0 Å². The van der Waals surface area contributed by atoms with Crippen molar-refractivity contribution in [1.82, 2.24) is 14.7 Å². The minimum Gasteiger partial charge on any atom is -0.337 e. The van der Waals surface area contributed by atoms with E-state index in [2.05, 4.69) is 12.0 Å². The van der Waals surface area contributed by atoms with Crippen molar-refractivity contribution in [3.05, 3.63) is 17.5 Å². The summed E-state index contributed by atoms with van der Waals surface area (Å²) in [5.41, 5.74) is 1.58. The van der Waals surface area contributed by atoms with Crippen molar-refractivity contribution in [1.29, 1.82) is 0 Å². The molecule has 100 valence electrons. The average molecular weight is 270 g/mol. The molecule has 1 aromatic rings. The van der Waals surface area contributed by atoms with E-state index in [0.29, 0.717) is 11.6 Å². The van der Waals surface area contributed by atoms with E-state index >= 15 is 0 Å². The summed E-state index contributed by atoms with van der Waals surface area (Å²) in [7, 11) is 0. The number of hydrogen-bond donors (Lipinski definition) is 0. The Labute approximate surface area is 113 Å². The second-order valence-corrected chi connectivity index (χ2v) is 5.58. The van der Waals surface area contributed by atoms with E-state index in [0.717, 1.165) is 31.7 Å². The summed E-state index contributed by atoms with van der Waals surface area (Å²) in [5, 5.41) is 4.51. The van der Waals surface area contributed by atoms with Crippen molar-refractivity contribution < 1.29 is 4.79 Å². The number of rotatable bonds is 2. The van der Waals surface area contributed by atoms with Gasteiger partial charge in [-0.2, -0.15) is 5.10 Å². The zero-order chi connectivity index (χ0) is 13.3. The Morgan fingerprint density at radius 2 is 2.33 bits per heavy atom. The van der Waals surface area contributed by atoms with Gasteiger partial charge in [0.15, 0.2) is 0 Å².